The lowest BCUT2D eigenvalue weighted by molar-refractivity contribution is 0.376. The Morgan fingerprint density at radius 3 is 2.39 bits per heavy atom. The summed E-state index contributed by atoms with van der Waals surface area (Å²) in [4.78, 5) is 0. The van der Waals surface area contributed by atoms with Crippen molar-refractivity contribution in [1.29, 1.82) is 0 Å². The fourth-order valence-corrected chi connectivity index (χ4v) is 2.15. The predicted octanol–water partition coefficient (Wildman–Crippen LogP) is 3.40. The van der Waals surface area contributed by atoms with E-state index in [4.69, 9.17) is 9.47 Å². The molecule has 3 nitrogen and oxygen atoms in total. The van der Waals surface area contributed by atoms with Gasteiger partial charge < -0.3 is 14.8 Å². The summed E-state index contributed by atoms with van der Waals surface area (Å²) in [5.41, 5.74) is 1.17. The van der Waals surface area contributed by atoms with Gasteiger partial charge in [-0.05, 0) is 37.1 Å². The lowest BCUT2D eigenvalue weighted by Crippen LogP contribution is -2.23. The average Bonchev–Trinajstić information content (AvgIpc) is 2.37. The van der Waals surface area contributed by atoms with Crippen LogP contribution < -0.4 is 14.8 Å². The number of benzene rings is 1. The normalized spacial score (nSPS) is 12.6. The first-order valence-corrected chi connectivity index (χ1v) is 6.57. The molecule has 1 rings (SSSR count). The molecule has 0 aliphatic carbocycles. The molecule has 0 heterocycles. The summed E-state index contributed by atoms with van der Waals surface area (Å²) in [6.45, 7) is 7.53. The van der Waals surface area contributed by atoms with Gasteiger partial charge in [-0.1, -0.05) is 20.8 Å². The quantitative estimate of drug-likeness (QED) is 0.805. The molecule has 0 aromatic heterocycles. The Hall–Kier alpha value is -1.22. The molecule has 0 radical (unpaired) electrons. The minimum Gasteiger partial charge on any atom is -0.497 e. The minimum atomic E-state index is 0.306. The van der Waals surface area contributed by atoms with E-state index in [1.165, 1.54) is 5.56 Å². The van der Waals surface area contributed by atoms with Crippen molar-refractivity contribution in [2.24, 2.45) is 5.92 Å². The van der Waals surface area contributed by atoms with E-state index in [1.807, 2.05) is 12.1 Å². The van der Waals surface area contributed by atoms with Crippen LogP contribution in [-0.4, -0.2) is 20.8 Å². The van der Waals surface area contributed by atoms with E-state index in [0.717, 1.165) is 24.5 Å². The number of methoxy groups -OCH3 is 2. The van der Waals surface area contributed by atoms with Crippen LogP contribution in [0.5, 0.6) is 11.5 Å². The Labute approximate surface area is 110 Å². The zero-order chi connectivity index (χ0) is 13.5. The minimum absolute atomic E-state index is 0.306. The molecule has 1 unspecified atom stereocenters. The molecule has 3 heteroatoms. The number of nitrogens with one attached hydrogen (secondary N) is 1. The standard InChI is InChI=1S/C15H25NO2/c1-6-16-14(9-11(2)3)13-10-12(17-4)7-8-15(13)18-5/h7-8,10-11,14,16H,6,9H2,1-5H3. The molecule has 102 valence electrons. The summed E-state index contributed by atoms with van der Waals surface area (Å²) in [5.74, 6) is 2.42. The van der Waals surface area contributed by atoms with Crippen molar-refractivity contribution in [2.45, 2.75) is 33.2 Å². The smallest absolute Gasteiger partial charge is 0.123 e. The molecule has 0 saturated carbocycles. The van der Waals surface area contributed by atoms with Crippen molar-refractivity contribution in [3.8, 4) is 11.5 Å². The summed E-state index contributed by atoms with van der Waals surface area (Å²) < 4.78 is 10.8. The Morgan fingerprint density at radius 1 is 1.17 bits per heavy atom. The van der Waals surface area contributed by atoms with Gasteiger partial charge in [0.2, 0.25) is 0 Å². The van der Waals surface area contributed by atoms with Crippen LogP contribution in [0, 0.1) is 5.92 Å². The van der Waals surface area contributed by atoms with Crippen LogP contribution in [0.4, 0.5) is 0 Å². The van der Waals surface area contributed by atoms with Crippen molar-refractivity contribution in [2.75, 3.05) is 20.8 Å². The fraction of sp³-hybridized carbons (Fsp3) is 0.600. The van der Waals surface area contributed by atoms with E-state index < -0.39 is 0 Å². The highest BCUT2D eigenvalue weighted by Crippen LogP contribution is 2.32. The number of hydrogen-bond acceptors (Lipinski definition) is 3. The van der Waals surface area contributed by atoms with Crippen molar-refractivity contribution in [3.63, 3.8) is 0 Å². The van der Waals surface area contributed by atoms with Gasteiger partial charge in [0.25, 0.3) is 0 Å². The summed E-state index contributed by atoms with van der Waals surface area (Å²) >= 11 is 0. The maximum atomic E-state index is 5.46. The molecular weight excluding hydrogens is 226 g/mol. The second kappa shape index (κ2) is 7.27. The van der Waals surface area contributed by atoms with Crippen molar-refractivity contribution in [1.82, 2.24) is 5.32 Å². The van der Waals surface area contributed by atoms with Crippen molar-refractivity contribution in [3.05, 3.63) is 23.8 Å². The maximum Gasteiger partial charge on any atom is 0.123 e. The van der Waals surface area contributed by atoms with Crippen molar-refractivity contribution >= 4 is 0 Å². The lowest BCUT2D eigenvalue weighted by Gasteiger charge is -2.23. The van der Waals surface area contributed by atoms with E-state index in [9.17, 15) is 0 Å². The highest BCUT2D eigenvalue weighted by molar-refractivity contribution is 5.42. The molecule has 18 heavy (non-hydrogen) atoms. The van der Waals surface area contributed by atoms with Crippen molar-refractivity contribution < 1.29 is 9.47 Å². The Morgan fingerprint density at radius 2 is 1.89 bits per heavy atom. The van der Waals surface area contributed by atoms with Gasteiger partial charge in [0.1, 0.15) is 11.5 Å². The third-order valence-electron chi connectivity index (χ3n) is 2.97. The van der Waals surface area contributed by atoms with Gasteiger partial charge in [0.05, 0.1) is 14.2 Å². The molecule has 0 saturated heterocycles. The van der Waals surface area contributed by atoms with Gasteiger partial charge in [-0.15, -0.1) is 0 Å². The summed E-state index contributed by atoms with van der Waals surface area (Å²) in [6, 6.07) is 6.27. The molecular formula is C15H25NO2. The van der Waals surface area contributed by atoms with Gasteiger partial charge in [0.15, 0.2) is 0 Å². The van der Waals surface area contributed by atoms with E-state index in [2.05, 4.69) is 32.2 Å². The van der Waals surface area contributed by atoms with E-state index in [0.29, 0.717) is 12.0 Å². The van der Waals surface area contributed by atoms with Crippen LogP contribution in [0.25, 0.3) is 0 Å². The van der Waals surface area contributed by atoms with Crippen LogP contribution in [0.2, 0.25) is 0 Å². The highest BCUT2D eigenvalue weighted by Gasteiger charge is 2.17. The molecule has 0 spiro atoms. The summed E-state index contributed by atoms with van der Waals surface area (Å²) in [6.07, 6.45) is 1.08. The van der Waals surface area contributed by atoms with Gasteiger partial charge in [-0.25, -0.2) is 0 Å². The Kier molecular flexibility index (Phi) is 5.99. The van der Waals surface area contributed by atoms with Crippen LogP contribution in [0.15, 0.2) is 18.2 Å². The van der Waals surface area contributed by atoms with Gasteiger partial charge >= 0.3 is 0 Å². The van der Waals surface area contributed by atoms with Crippen LogP contribution in [0.3, 0.4) is 0 Å². The third-order valence-corrected chi connectivity index (χ3v) is 2.97. The average molecular weight is 251 g/mol. The fourth-order valence-electron chi connectivity index (χ4n) is 2.15. The lowest BCUT2D eigenvalue weighted by atomic mass is 9.96. The zero-order valence-electron chi connectivity index (χ0n) is 12.1. The highest BCUT2D eigenvalue weighted by atomic mass is 16.5. The number of ether oxygens (including phenoxy) is 2. The molecule has 1 aromatic carbocycles. The maximum absolute atomic E-state index is 5.46. The second-order valence-electron chi connectivity index (χ2n) is 4.85. The van der Waals surface area contributed by atoms with E-state index >= 15 is 0 Å². The summed E-state index contributed by atoms with van der Waals surface area (Å²) in [5, 5.41) is 3.52. The van der Waals surface area contributed by atoms with Crippen LogP contribution >= 0.6 is 0 Å². The summed E-state index contributed by atoms with van der Waals surface area (Å²) in [7, 11) is 3.40. The predicted molar refractivity (Wildman–Crippen MR) is 75.4 cm³/mol. The molecule has 0 aliphatic heterocycles. The van der Waals surface area contributed by atoms with Gasteiger partial charge in [-0.2, -0.15) is 0 Å². The van der Waals surface area contributed by atoms with Crippen LogP contribution in [-0.2, 0) is 0 Å². The molecule has 0 amide bonds. The topological polar surface area (TPSA) is 30.5 Å². The first kappa shape index (κ1) is 14.8. The monoisotopic (exact) mass is 251 g/mol. The van der Waals surface area contributed by atoms with Crippen LogP contribution in [0.1, 0.15) is 38.8 Å². The first-order chi connectivity index (χ1) is 8.62. The first-order valence-electron chi connectivity index (χ1n) is 6.57. The second-order valence-corrected chi connectivity index (χ2v) is 4.85. The largest absolute Gasteiger partial charge is 0.497 e. The molecule has 1 aromatic rings. The SMILES string of the molecule is CCNC(CC(C)C)c1cc(OC)ccc1OC. The molecule has 1 N–H and O–H groups in total. The van der Waals surface area contributed by atoms with E-state index in [-0.39, 0.29) is 0 Å². The third kappa shape index (κ3) is 3.91. The van der Waals surface area contributed by atoms with E-state index in [1.54, 1.807) is 14.2 Å². The molecule has 0 bridgehead atoms. The molecule has 1 atom stereocenters. The number of hydrogen-bond donors (Lipinski definition) is 1. The van der Waals surface area contributed by atoms with Gasteiger partial charge in [0, 0.05) is 11.6 Å². The zero-order valence-corrected chi connectivity index (χ0v) is 12.1. The Balaban J connectivity index is 3.06. The van der Waals surface area contributed by atoms with Gasteiger partial charge in [-0.3, -0.25) is 0 Å². The Bertz CT molecular complexity index is 364. The molecule has 0 aliphatic rings. The number of rotatable bonds is 7. The molecule has 0 fully saturated rings.